The van der Waals surface area contributed by atoms with Crippen molar-refractivity contribution in [2.24, 2.45) is 0 Å². The van der Waals surface area contributed by atoms with Crippen molar-refractivity contribution in [2.75, 3.05) is 0 Å². The van der Waals surface area contributed by atoms with E-state index in [1.54, 1.807) is 12.1 Å². The molecule has 0 amide bonds. The summed E-state index contributed by atoms with van der Waals surface area (Å²) in [5, 5.41) is 4.09. The van der Waals surface area contributed by atoms with Gasteiger partial charge in [0.2, 0.25) is 0 Å². The highest BCUT2D eigenvalue weighted by atomic mass is 16.5. The predicted molar refractivity (Wildman–Crippen MR) is 148 cm³/mol. The van der Waals surface area contributed by atoms with E-state index in [-0.39, 0.29) is 5.57 Å². The lowest BCUT2D eigenvalue weighted by atomic mass is 10.0. The number of para-hydroxylation sites is 4. The van der Waals surface area contributed by atoms with E-state index >= 15 is 0 Å². The first kappa shape index (κ1) is 21.2. The Balaban J connectivity index is 1.18. The van der Waals surface area contributed by atoms with Gasteiger partial charge in [-0.05, 0) is 29.8 Å². The summed E-state index contributed by atoms with van der Waals surface area (Å²) in [5.74, 6) is -0.0939. The molecule has 0 radical (unpaired) electrons. The smallest absolute Gasteiger partial charge is 0.343 e. The molecule has 5 aromatic carbocycles. The molecule has 0 aliphatic rings. The number of ether oxygens (including phenoxy) is 1. The normalized spacial score (nSPS) is 11.5. The summed E-state index contributed by atoms with van der Waals surface area (Å²) >= 11 is 0. The van der Waals surface area contributed by atoms with Gasteiger partial charge in [-0.2, -0.15) is 0 Å². The summed E-state index contributed by atoms with van der Waals surface area (Å²) in [6.45, 7) is 4.01. The van der Waals surface area contributed by atoms with Crippen molar-refractivity contribution in [1.29, 1.82) is 0 Å². The SMILES string of the molecule is C=C(C(=O)Oc1ccc(-c2cccc3c2oc2ccccc23)cc1)c1cccc2c1oc1ccccc12. The van der Waals surface area contributed by atoms with Crippen LogP contribution in [0.15, 0.2) is 125 Å². The standard InChI is InChI=1S/C33H20O4/c1-20(23-10-6-12-27-25-8-2-4-14-29(25)36-31(23)27)33(34)35-22-18-16-21(17-19-22)24-11-7-13-28-26-9-3-5-15-30(26)37-32(24)28/h2-19H,1H2. The summed E-state index contributed by atoms with van der Waals surface area (Å²) in [4.78, 5) is 13.0. The van der Waals surface area contributed by atoms with Crippen molar-refractivity contribution in [3.05, 3.63) is 121 Å². The van der Waals surface area contributed by atoms with Crippen molar-refractivity contribution in [2.45, 2.75) is 0 Å². The lowest BCUT2D eigenvalue weighted by Crippen LogP contribution is -2.09. The van der Waals surface area contributed by atoms with Crippen LogP contribution in [0, 0.1) is 0 Å². The minimum atomic E-state index is -0.528. The molecule has 4 heteroatoms. The summed E-state index contributed by atoms with van der Waals surface area (Å²) in [5.41, 5.74) is 5.88. The van der Waals surface area contributed by atoms with Crippen LogP contribution in [-0.4, -0.2) is 5.97 Å². The molecule has 0 N–H and O–H groups in total. The summed E-state index contributed by atoms with van der Waals surface area (Å²) in [7, 11) is 0. The molecule has 0 aliphatic carbocycles. The summed E-state index contributed by atoms with van der Waals surface area (Å²) in [6.07, 6.45) is 0. The van der Waals surface area contributed by atoms with Crippen LogP contribution in [-0.2, 0) is 4.79 Å². The number of carbonyl (C=O) groups is 1. The maximum atomic E-state index is 13.0. The van der Waals surface area contributed by atoms with Gasteiger partial charge in [0.25, 0.3) is 0 Å². The molecule has 0 aliphatic heterocycles. The third-order valence-electron chi connectivity index (χ3n) is 6.76. The second kappa shape index (κ2) is 8.25. The van der Waals surface area contributed by atoms with Crippen molar-refractivity contribution in [1.82, 2.24) is 0 Å². The molecule has 7 aromatic rings. The Labute approximate surface area is 212 Å². The highest BCUT2D eigenvalue weighted by Crippen LogP contribution is 2.37. The monoisotopic (exact) mass is 480 g/mol. The Bertz CT molecular complexity index is 1990. The van der Waals surface area contributed by atoms with Crippen molar-refractivity contribution in [3.8, 4) is 16.9 Å². The second-order valence-corrected chi connectivity index (χ2v) is 8.95. The van der Waals surface area contributed by atoms with Gasteiger partial charge in [-0.1, -0.05) is 91.5 Å². The molecule has 0 saturated carbocycles. The lowest BCUT2D eigenvalue weighted by molar-refractivity contribution is -0.127. The van der Waals surface area contributed by atoms with Crippen LogP contribution in [0.25, 0.3) is 60.6 Å². The van der Waals surface area contributed by atoms with Gasteiger partial charge in [0, 0.05) is 32.7 Å². The average Bonchev–Trinajstić information content (AvgIpc) is 3.51. The van der Waals surface area contributed by atoms with E-state index in [9.17, 15) is 4.79 Å². The van der Waals surface area contributed by atoms with E-state index < -0.39 is 5.97 Å². The second-order valence-electron chi connectivity index (χ2n) is 8.95. The summed E-state index contributed by atoms with van der Waals surface area (Å²) < 4.78 is 17.9. The molecular weight excluding hydrogens is 460 g/mol. The number of hydrogen-bond acceptors (Lipinski definition) is 4. The molecule has 0 spiro atoms. The first-order valence-electron chi connectivity index (χ1n) is 12.0. The molecule has 37 heavy (non-hydrogen) atoms. The van der Waals surface area contributed by atoms with Crippen LogP contribution in [0.3, 0.4) is 0 Å². The van der Waals surface area contributed by atoms with Crippen LogP contribution < -0.4 is 4.74 Å². The van der Waals surface area contributed by atoms with Crippen LogP contribution in [0.1, 0.15) is 5.56 Å². The van der Waals surface area contributed by atoms with E-state index in [0.717, 1.165) is 49.4 Å². The first-order chi connectivity index (χ1) is 18.2. The van der Waals surface area contributed by atoms with Crippen LogP contribution in [0.2, 0.25) is 0 Å². The van der Waals surface area contributed by atoms with Crippen LogP contribution in [0.4, 0.5) is 0 Å². The zero-order valence-corrected chi connectivity index (χ0v) is 19.7. The molecule has 0 saturated heterocycles. The Morgan fingerprint density at radius 2 is 1.16 bits per heavy atom. The molecule has 176 valence electrons. The van der Waals surface area contributed by atoms with Crippen molar-refractivity contribution < 1.29 is 18.4 Å². The van der Waals surface area contributed by atoms with Gasteiger partial charge in [0.1, 0.15) is 28.1 Å². The van der Waals surface area contributed by atoms with E-state index in [1.807, 2.05) is 84.9 Å². The molecule has 4 nitrogen and oxygen atoms in total. The molecular formula is C33H20O4. The number of carbonyl (C=O) groups excluding carboxylic acids is 1. The highest BCUT2D eigenvalue weighted by Gasteiger charge is 2.19. The number of furan rings is 2. The largest absolute Gasteiger partial charge is 0.455 e. The lowest BCUT2D eigenvalue weighted by Gasteiger charge is -2.09. The van der Waals surface area contributed by atoms with Gasteiger partial charge >= 0.3 is 5.97 Å². The molecule has 0 fully saturated rings. The molecule has 7 rings (SSSR count). The molecule has 2 heterocycles. The third kappa shape index (κ3) is 3.42. The van der Waals surface area contributed by atoms with Gasteiger partial charge in [-0.15, -0.1) is 0 Å². The van der Waals surface area contributed by atoms with Gasteiger partial charge < -0.3 is 13.6 Å². The van der Waals surface area contributed by atoms with Gasteiger partial charge in [0.15, 0.2) is 0 Å². The number of fused-ring (bicyclic) bond motifs is 6. The van der Waals surface area contributed by atoms with E-state index in [0.29, 0.717) is 16.9 Å². The average molecular weight is 481 g/mol. The van der Waals surface area contributed by atoms with Gasteiger partial charge in [-0.3, -0.25) is 0 Å². The zero-order chi connectivity index (χ0) is 24.9. The van der Waals surface area contributed by atoms with Crippen molar-refractivity contribution in [3.63, 3.8) is 0 Å². The fourth-order valence-corrected chi connectivity index (χ4v) is 4.94. The Morgan fingerprint density at radius 1 is 0.595 bits per heavy atom. The van der Waals surface area contributed by atoms with Crippen molar-refractivity contribution >= 4 is 55.4 Å². The fraction of sp³-hybridized carbons (Fsp3) is 0. The van der Waals surface area contributed by atoms with E-state index in [1.165, 1.54) is 0 Å². The maximum absolute atomic E-state index is 13.0. The highest BCUT2D eigenvalue weighted by molar-refractivity contribution is 6.21. The molecule has 0 unspecified atom stereocenters. The number of hydrogen-bond donors (Lipinski definition) is 0. The number of benzene rings is 5. The minimum Gasteiger partial charge on any atom is -0.455 e. The molecule has 2 aromatic heterocycles. The first-order valence-corrected chi connectivity index (χ1v) is 12.0. The third-order valence-corrected chi connectivity index (χ3v) is 6.76. The topological polar surface area (TPSA) is 52.6 Å². The number of esters is 1. The van der Waals surface area contributed by atoms with E-state index in [2.05, 4.69) is 18.7 Å². The Kier molecular flexibility index (Phi) is 4.73. The quantitative estimate of drug-likeness (QED) is 0.144. The zero-order valence-electron chi connectivity index (χ0n) is 19.7. The van der Waals surface area contributed by atoms with Crippen LogP contribution >= 0.6 is 0 Å². The van der Waals surface area contributed by atoms with Gasteiger partial charge in [0.05, 0.1) is 5.57 Å². The Hall–Kier alpha value is -5.09. The molecule has 0 atom stereocenters. The predicted octanol–water partition coefficient (Wildman–Crippen LogP) is 8.77. The number of rotatable bonds is 4. The molecule has 0 bridgehead atoms. The summed E-state index contributed by atoms with van der Waals surface area (Å²) in [6, 6.07) is 35.0. The van der Waals surface area contributed by atoms with E-state index in [4.69, 9.17) is 13.6 Å². The fourth-order valence-electron chi connectivity index (χ4n) is 4.94. The maximum Gasteiger partial charge on any atom is 0.343 e. The van der Waals surface area contributed by atoms with Gasteiger partial charge in [-0.25, -0.2) is 4.79 Å². The minimum absolute atomic E-state index is 0.237. The van der Waals surface area contributed by atoms with Crippen LogP contribution in [0.5, 0.6) is 5.75 Å². The Morgan fingerprint density at radius 3 is 1.86 bits per heavy atom.